The number of nitrogens with zero attached hydrogens (tertiary/aromatic N) is 2. The van der Waals surface area contributed by atoms with Crippen molar-refractivity contribution in [2.75, 3.05) is 0 Å². The van der Waals surface area contributed by atoms with E-state index in [2.05, 4.69) is 38.4 Å². The third-order valence-electron chi connectivity index (χ3n) is 2.98. The normalized spacial score (nSPS) is 15.3. The van der Waals surface area contributed by atoms with Crippen LogP contribution in [0.15, 0.2) is 6.20 Å². The van der Waals surface area contributed by atoms with E-state index in [-0.39, 0.29) is 11.9 Å². The first-order valence-corrected chi connectivity index (χ1v) is 5.52. The van der Waals surface area contributed by atoms with Gasteiger partial charge in [0, 0.05) is 0 Å². The number of hydrogen-bond donors (Lipinski definition) is 0. The molecule has 3 nitrogen and oxygen atoms in total. The molecule has 0 radical (unpaired) electrons. The molecule has 2 heterocycles. The van der Waals surface area contributed by atoms with E-state index >= 15 is 0 Å². The van der Waals surface area contributed by atoms with Crippen LogP contribution in [0.4, 0.5) is 0 Å². The Morgan fingerprint density at radius 3 is 2.40 bits per heavy atom. The number of carbonyl (C=O) groups is 1. The molecule has 1 amide bonds. The van der Waals surface area contributed by atoms with Crippen LogP contribution in [0.3, 0.4) is 0 Å². The molecule has 0 fully saturated rings. The Morgan fingerprint density at radius 2 is 1.93 bits per heavy atom. The summed E-state index contributed by atoms with van der Waals surface area (Å²) in [5, 5.41) is 0. The molecule has 0 aliphatic carbocycles. The number of aromatic nitrogens is 1. The molecule has 1 aliphatic rings. The maximum atomic E-state index is 12.0. The zero-order valence-electron chi connectivity index (χ0n) is 9.82. The van der Waals surface area contributed by atoms with Gasteiger partial charge in [-0.05, 0) is 0 Å². The first kappa shape index (κ1) is 10.5. The van der Waals surface area contributed by atoms with Gasteiger partial charge < -0.3 is 0 Å². The molecule has 1 aromatic rings. The average molecular weight is 204 g/mol. The maximum absolute atomic E-state index is 12.0. The van der Waals surface area contributed by atoms with Crippen LogP contribution in [0, 0.1) is 0 Å². The van der Waals surface area contributed by atoms with Crippen LogP contribution < -0.4 is 0 Å². The van der Waals surface area contributed by atoms with Gasteiger partial charge in [-0.25, -0.2) is 0 Å². The summed E-state index contributed by atoms with van der Waals surface area (Å²) in [5.41, 5.74) is 2.06. The van der Waals surface area contributed by atoms with Crippen molar-refractivity contribution < 1.29 is 4.79 Å². The molecule has 80 valence electrons. The Balaban J connectivity index is 2.30. The summed E-state index contributed by atoms with van der Waals surface area (Å²) in [6, 6.07) is 0.716. The Bertz CT molecular complexity index is 395. The average Bonchev–Trinajstić information content (AvgIpc) is 2.65. The van der Waals surface area contributed by atoms with E-state index in [1.165, 1.54) is 5.56 Å². The van der Waals surface area contributed by atoms with E-state index in [4.69, 9.17) is 0 Å². The Labute approximate surface area is 91.3 Å². The molecule has 15 heavy (non-hydrogen) atoms. The van der Waals surface area contributed by atoms with Crippen molar-refractivity contribution in [3.63, 3.8) is 0 Å². The van der Waals surface area contributed by atoms with Gasteiger partial charge in [0.2, 0.25) is 0 Å². The van der Waals surface area contributed by atoms with E-state index in [1.807, 2.05) is 12.0 Å². The summed E-state index contributed by atoms with van der Waals surface area (Å²) in [4.78, 5) is 13.9. The van der Waals surface area contributed by atoms with Gasteiger partial charge in [-0.3, -0.25) is 0 Å². The van der Waals surface area contributed by atoms with Crippen molar-refractivity contribution >= 4 is 13.0 Å². The minimum absolute atomic E-state index is 0.180. The topological polar surface area (TPSA) is 25.2 Å². The molecular weight excluding hydrogens is 187 g/mol. The van der Waals surface area contributed by atoms with Gasteiger partial charge in [0.25, 0.3) is 0 Å². The summed E-state index contributed by atoms with van der Waals surface area (Å²) < 4.78 is 2.11. The van der Waals surface area contributed by atoms with Crippen LogP contribution in [-0.2, 0) is 6.54 Å². The van der Waals surface area contributed by atoms with Crippen molar-refractivity contribution in [3.8, 4) is 0 Å². The third kappa shape index (κ3) is 1.62. The van der Waals surface area contributed by atoms with Gasteiger partial charge in [0.1, 0.15) is 0 Å². The Kier molecular flexibility index (Phi) is 2.45. The number of rotatable bonds is 2. The molecule has 0 atom stereocenters. The molecule has 1 aromatic heterocycles. The van der Waals surface area contributed by atoms with Crippen molar-refractivity contribution in [1.82, 2.24) is 9.37 Å². The van der Waals surface area contributed by atoms with E-state index in [1.54, 1.807) is 0 Å². The molecule has 2 rings (SSSR count). The van der Waals surface area contributed by atoms with Crippen molar-refractivity contribution in [1.29, 1.82) is 0 Å². The molecule has 0 saturated carbocycles. The van der Waals surface area contributed by atoms with Gasteiger partial charge >= 0.3 is 90.7 Å². The van der Waals surface area contributed by atoms with Gasteiger partial charge in [-0.1, -0.05) is 0 Å². The van der Waals surface area contributed by atoms with Crippen LogP contribution in [0.2, 0.25) is 0 Å². The van der Waals surface area contributed by atoms with E-state index in [0.717, 1.165) is 12.0 Å². The first-order chi connectivity index (χ1) is 7.00. The Hall–Kier alpha value is -1.06. The van der Waals surface area contributed by atoms with Crippen LogP contribution in [0.25, 0.3) is 0 Å². The quantitative estimate of drug-likeness (QED) is 0.720. The van der Waals surface area contributed by atoms with Gasteiger partial charge in [0.05, 0.1) is 0 Å². The number of carbonyl (C=O) groups excluding carboxylic acids is 1. The van der Waals surface area contributed by atoms with Crippen molar-refractivity contribution in [2.24, 2.45) is 0 Å². The SMILES string of the molecule is CC(C)N1Cc2cn(C(C)C)bc2C1=O. The van der Waals surface area contributed by atoms with Gasteiger partial charge in [-0.15, -0.1) is 0 Å². The van der Waals surface area contributed by atoms with Crippen molar-refractivity contribution in [3.05, 3.63) is 17.2 Å². The van der Waals surface area contributed by atoms with E-state index in [9.17, 15) is 4.79 Å². The molecule has 0 spiro atoms. The van der Waals surface area contributed by atoms with Gasteiger partial charge in [-0.2, -0.15) is 0 Å². The molecular formula is C11H17BN2O. The van der Waals surface area contributed by atoms with Crippen LogP contribution >= 0.6 is 0 Å². The summed E-state index contributed by atoms with van der Waals surface area (Å²) in [6.45, 7) is 9.13. The fraction of sp³-hybridized carbons (Fsp3) is 0.636. The number of fused-ring (bicyclic) bond motifs is 1. The molecule has 4 heteroatoms. The van der Waals surface area contributed by atoms with Crippen LogP contribution in [0.5, 0.6) is 0 Å². The second-order valence-corrected chi connectivity index (χ2v) is 4.76. The van der Waals surface area contributed by atoms with E-state index < -0.39 is 0 Å². The standard InChI is InChI=1S/C11H17BN2O/c1-7(2)13-5-9-6-14(8(3)4)12-10(9)11(13)15/h6-8H,5H2,1-4H3. The fourth-order valence-electron chi connectivity index (χ4n) is 1.96. The van der Waals surface area contributed by atoms with Crippen LogP contribution in [0.1, 0.15) is 49.6 Å². The molecule has 0 aromatic carbocycles. The molecule has 0 unspecified atom stereocenters. The van der Waals surface area contributed by atoms with Crippen molar-refractivity contribution in [2.45, 2.75) is 46.3 Å². The zero-order valence-corrected chi connectivity index (χ0v) is 9.82. The second kappa shape index (κ2) is 3.51. The molecule has 0 N–H and O–H groups in total. The number of amides is 1. The fourth-order valence-corrected chi connectivity index (χ4v) is 1.96. The zero-order chi connectivity index (χ0) is 11.2. The summed E-state index contributed by atoms with van der Waals surface area (Å²) in [5.74, 6) is 0.180. The monoisotopic (exact) mass is 204 g/mol. The van der Waals surface area contributed by atoms with Gasteiger partial charge in [0.15, 0.2) is 0 Å². The molecule has 1 aliphatic heterocycles. The van der Waals surface area contributed by atoms with Crippen LogP contribution in [-0.4, -0.2) is 28.4 Å². The third-order valence-corrected chi connectivity index (χ3v) is 2.98. The molecule has 0 bridgehead atoms. The second-order valence-electron chi connectivity index (χ2n) is 4.76. The minimum atomic E-state index is 0.180. The predicted molar refractivity (Wildman–Crippen MR) is 61.2 cm³/mol. The number of hydrogen-bond acceptors (Lipinski definition) is 1. The predicted octanol–water partition coefficient (Wildman–Crippen LogP) is 1.77. The summed E-state index contributed by atoms with van der Waals surface area (Å²) in [7, 11) is 1.98. The summed E-state index contributed by atoms with van der Waals surface area (Å²) in [6.07, 6.45) is 2.10. The molecule has 0 saturated heterocycles. The first-order valence-electron chi connectivity index (χ1n) is 5.52. The van der Waals surface area contributed by atoms with E-state index in [0.29, 0.717) is 6.04 Å². The Morgan fingerprint density at radius 1 is 1.27 bits per heavy atom. The summed E-state index contributed by atoms with van der Waals surface area (Å²) >= 11 is 0.